The van der Waals surface area contributed by atoms with Crippen LogP contribution in [0.15, 0.2) is 41.4 Å². The number of nitrogens with zero attached hydrogens (tertiary/aromatic N) is 2. The predicted octanol–water partition coefficient (Wildman–Crippen LogP) is 5.12. The van der Waals surface area contributed by atoms with E-state index in [4.69, 9.17) is 52.1 Å². The van der Waals surface area contributed by atoms with Crippen molar-refractivity contribution in [2.45, 2.75) is 0 Å². The van der Waals surface area contributed by atoms with Gasteiger partial charge in [-0.3, -0.25) is 0 Å². The molecule has 122 valence electrons. The van der Waals surface area contributed by atoms with E-state index < -0.39 is 0 Å². The van der Waals surface area contributed by atoms with E-state index in [1.807, 2.05) is 0 Å². The van der Waals surface area contributed by atoms with Crippen LogP contribution in [0, 0.1) is 0 Å². The predicted molar refractivity (Wildman–Crippen MR) is 101 cm³/mol. The van der Waals surface area contributed by atoms with Crippen molar-refractivity contribution in [3.63, 3.8) is 0 Å². The van der Waals surface area contributed by atoms with Crippen LogP contribution in [0.3, 0.4) is 0 Å². The third kappa shape index (κ3) is 4.58. The fraction of sp³-hybridized carbons (Fsp3) is 0.133. The SMILES string of the molecule is CN(C(N)=NCNc1ccc(Cl)cc1Cl)c1cccc(Cl)c1Cl. The minimum Gasteiger partial charge on any atom is -0.369 e. The third-order valence-electron chi connectivity index (χ3n) is 3.08. The van der Waals surface area contributed by atoms with Crippen molar-refractivity contribution in [1.82, 2.24) is 0 Å². The van der Waals surface area contributed by atoms with E-state index in [2.05, 4.69) is 10.3 Å². The molecule has 0 aliphatic rings. The van der Waals surface area contributed by atoms with Crippen molar-refractivity contribution in [3.05, 3.63) is 56.5 Å². The summed E-state index contributed by atoms with van der Waals surface area (Å²) in [6.45, 7) is 0.246. The van der Waals surface area contributed by atoms with Crippen LogP contribution in [-0.2, 0) is 0 Å². The number of halogens is 4. The molecule has 23 heavy (non-hydrogen) atoms. The van der Waals surface area contributed by atoms with Crippen LogP contribution in [0.5, 0.6) is 0 Å². The Kier molecular flexibility index (Phi) is 6.25. The van der Waals surface area contributed by atoms with Crippen molar-refractivity contribution in [3.8, 4) is 0 Å². The highest BCUT2D eigenvalue weighted by atomic mass is 35.5. The summed E-state index contributed by atoms with van der Waals surface area (Å²) in [5.74, 6) is 0.284. The second-order valence-corrected chi connectivity index (χ2v) is 6.24. The Morgan fingerprint density at radius 1 is 1.13 bits per heavy atom. The molecule has 8 heteroatoms. The highest BCUT2D eigenvalue weighted by molar-refractivity contribution is 6.44. The number of hydrogen-bond acceptors (Lipinski definition) is 2. The maximum atomic E-state index is 6.17. The summed E-state index contributed by atoms with van der Waals surface area (Å²) in [5, 5.41) is 5.01. The normalized spacial score (nSPS) is 11.4. The van der Waals surface area contributed by atoms with Gasteiger partial charge in [0.25, 0.3) is 0 Å². The maximum Gasteiger partial charge on any atom is 0.197 e. The Balaban J connectivity index is 2.06. The molecule has 0 saturated carbocycles. The van der Waals surface area contributed by atoms with Gasteiger partial charge in [0.05, 0.1) is 26.4 Å². The molecule has 0 saturated heterocycles. The molecule has 3 N–H and O–H groups in total. The van der Waals surface area contributed by atoms with Gasteiger partial charge in [-0.2, -0.15) is 0 Å². The molecule has 0 spiro atoms. The first-order valence-corrected chi connectivity index (χ1v) is 8.08. The summed E-state index contributed by atoms with van der Waals surface area (Å²) in [4.78, 5) is 5.90. The molecule has 2 rings (SSSR count). The standard InChI is InChI=1S/C15H14Cl4N4/c1-23(13-4-2-3-10(17)14(13)19)15(20)22-8-21-12-6-5-9(16)7-11(12)18/h2-7,21H,8H2,1H3,(H2,20,22). The van der Waals surface area contributed by atoms with E-state index in [1.54, 1.807) is 48.3 Å². The topological polar surface area (TPSA) is 53.6 Å². The van der Waals surface area contributed by atoms with Gasteiger partial charge in [0.1, 0.15) is 6.67 Å². The molecular weight excluding hydrogens is 378 g/mol. The molecule has 4 nitrogen and oxygen atoms in total. The van der Waals surface area contributed by atoms with Crippen LogP contribution in [0.4, 0.5) is 11.4 Å². The molecule has 0 unspecified atom stereocenters. The van der Waals surface area contributed by atoms with Crippen LogP contribution in [0.1, 0.15) is 0 Å². The summed E-state index contributed by atoms with van der Waals surface area (Å²) in [6, 6.07) is 10.5. The monoisotopic (exact) mass is 390 g/mol. The van der Waals surface area contributed by atoms with Gasteiger partial charge in [0.15, 0.2) is 5.96 Å². The summed E-state index contributed by atoms with van der Waals surface area (Å²) >= 11 is 24.1. The fourth-order valence-electron chi connectivity index (χ4n) is 1.82. The zero-order valence-corrected chi connectivity index (χ0v) is 15.2. The van der Waals surface area contributed by atoms with Crippen molar-refractivity contribution < 1.29 is 0 Å². The van der Waals surface area contributed by atoms with Gasteiger partial charge >= 0.3 is 0 Å². The second-order valence-electron chi connectivity index (χ2n) is 4.61. The van der Waals surface area contributed by atoms with Crippen LogP contribution < -0.4 is 16.0 Å². The average Bonchev–Trinajstić information content (AvgIpc) is 2.51. The molecule has 0 atom stereocenters. The first-order valence-electron chi connectivity index (χ1n) is 6.56. The van der Waals surface area contributed by atoms with Crippen molar-refractivity contribution >= 4 is 63.7 Å². The van der Waals surface area contributed by atoms with E-state index >= 15 is 0 Å². The lowest BCUT2D eigenvalue weighted by molar-refractivity contribution is 1.09. The number of hydrogen-bond donors (Lipinski definition) is 2. The average molecular weight is 392 g/mol. The summed E-state index contributed by atoms with van der Waals surface area (Å²) in [5.41, 5.74) is 7.36. The number of rotatable bonds is 4. The smallest absolute Gasteiger partial charge is 0.197 e. The minimum absolute atomic E-state index is 0.246. The summed E-state index contributed by atoms with van der Waals surface area (Å²) < 4.78 is 0. The Morgan fingerprint density at radius 2 is 1.87 bits per heavy atom. The van der Waals surface area contributed by atoms with E-state index in [0.717, 1.165) is 5.69 Å². The van der Waals surface area contributed by atoms with Gasteiger partial charge in [-0.1, -0.05) is 52.5 Å². The van der Waals surface area contributed by atoms with Gasteiger partial charge in [-0.05, 0) is 30.3 Å². The number of nitrogens with two attached hydrogens (primary N) is 1. The lowest BCUT2D eigenvalue weighted by Crippen LogP contribution is -2.34. The van der Waals surface area contributed by atoms with E-state index in [1.165, 1.54) is 0 Å². The Morgan fingerprint density at radius 3 is 2.57 bits per heavy atom. The van der Waals surface area contributed by atoms with Crippen molar-refractivity contribution in [2.75, 3.05) is 23.9 Å². The number of nitrogens with one attached hydrogen (secondary N) is 1. The first-order chi connectivity index (χ1) is 10.9. The molecule has 0 aliphatic heterocycles. The first kappa shape index (κ1) is 18.0. The summed E-state index contributed by atoms with van der Waals surface area (Å²) in [6.07, 6.45) is 0. The lowest BCUT2D eigenvalue weighted by atomic mass is 10.3. The molecule has 2 aromatic rings. The van der Waals surface area contributed by atoms with Crippen molar-refractivity contribution in [2.24, 2.45) is 10.7 Å². The van der Waals surface area contributed by atoms with E-state index in [9.17, 15) is 0 Å². The van der Waals surface area contributed by atoms with Crippen LogP contribution in [-0.4, -0.2) is 19.7 Å². The van der Waals surface area contributed by atoms with Crippen LogP contribution in [0.2, 0.25) is 20.1 Å². The Bertz CT molecular complexity index is 733. The molecular formula is C15H14Cl4N4. The van der Waals surface area contributed by atoms with Gasteiger partial charge in [-0.15, -0.1) is 0 Å². The molecule has 0 heterocycles. The number of anilines is 2. The second kappa shape index (κ2) is 7.97. The third-order valence-corrected chi connectivity index (χ3v) is 4.43. The van der Waals surface area contributed by atoms with Crippen molar-refractivity contribution in [1.29, 1.82) is 0 Å². The maximum absolute atomic E-state index is 6.17. The van der Waals surface area contributed by atoms with Crippen LogP contribution in [0.25, 0.3) is 0 Å². The van der Waals surface area contributed by atoms with Gasteiger partial charge in [0.2, 0.25) is 0 Å². The largest absolute Gasteiger partial charge is 0.369 e. The molecule has 2 aromatic carbocycles. The van der Waals surface area contributed by atoms with Gasteiger partial charge in [0, 0.05) is 12.1 Å². The van der Waals surface area contributed by atoms with Gasteiger partial charge < -0.3 is 16.0 Å². The molecule has 0 aliphatic carbocycles. The van der Waals surface area contributed by atoms with E-state index in [-0.39, 0.29) is 12.6 Å². The summed E-state index contributed by atoms with van der Waals surface area (Å²) in [7, 11) is 1.76. The molecule has 0 bridgehead atoms. The quantitative estimate of drug-likeness (QED) is 0.561. The number of aliphatic imine (C=N–C) groups is 1. The van der Waals surface area contributed by atoms with E-state index in [0.29, 0.717) is 25.8 Å². The number of benzene rings is 2. The minimum atomic E-state index is 0.246. The number of guanidine groups is 1. The zero-order valence-electron chi connectivity index (χ0n) is 12.2. The lowest BCUT2D eigenvalue weighted by Gasteiger charge is -2.20. The molecule has 0 fully saturated rings. The molecule has 0 radical (unpaired) electrons. The fourth-order valence-corrected chi connectivity index (χ4v) is 2.72. The zero-order chi connectivity index (χ0) is 17.0. The van der Waals surface area contributed by atoms with Crippen LogP contribution >= 0.6 is 46.4 Å². The van der Waals surface area contributed by atoms with Gasteiger partial charge in [-0.25, -0.2) is 4.99 Å². The Hall–Kier alpha value is -1.33. The molecule has 0 aromatic heterocycles. The Labute approximate surface area is 154 Å². The highest BCUT2D eigenvalue weighted by Gasteiger charge is 2.11. The molecule has 0 amide bonds. The highest BCUT2D eigenvalue weighted by Crippen LogP contribution is 2.31.